The minimum absolute atomic E-state index is 0.248. The van der Waals surface area contributed by atoms with E-state index >= 15 is 0 Å². The lowest BCUT2D eigenvalue weighted by Crippen LogP contribution is -2.10. The van der Waals surface area contributed by atoms with E-state index in [1.165, 1.54) is 11.3 Å². The largest absolute Gasteiger partial charge is 0.488 e. The van der Waals surface area contributed by atoms with Gasteiger partial charge in [-0.2, -0.15) is 0 Å². The minimum Gasteiger partial charge on any atom is -0.488 e. The van der Waals surface area contributed by atoms with Crippen LogP contribution < -0.4 is 4.74 Å². The summed E-state index contributed by atoms with van der Waals surface area (Å²) < 4.78 is 6.52. The SMILES string of the molecule is O=C1CCCc2cc(OCc3ccc(Cl)s3)ccc21. The Morgan fingerprint density at radius 2 is 2.11 bits per heavy atom. The van der Waals surface area contributed by atoms with Crippen molar-refractivity contribution in [1.29, 1.82) is 0 Å². The molecular weight excluding hydrogens is 280 g/mol. The second-order valence-corrected chi connectivity index (χ2v) is 6.39. The van der Waals surface area contributed by atoms with E-state index in [9.17, 15) is 4.79 Å². The van der Waals surface area contributed by atoms with Crippen molar-refractivity contribution in [1.82, 2.24) is 0 Å². The first-order valence-electron chi connectivity index (χ1n) is 6.25. The Hall–Kier alpha value is -1.32. The number of hydrogen-bond acceptors (Lipinski definition) is 3. The third-order valence-corrected chi connectivity index (χ3v) is 4.44. The number of carbonyl (C=O) groups excluding carboxylic acids is 1. The van der Waals surface area contributed by atoms with Crippen molar-refractivity contribution in [2.24, 2.45) is 0 Å². The lowest BCUT2D eigenvalue weighted by Gasteiger charge is -2.15. The van der Waals surface area contributed by atoms with Crippen LogP contribution in [0.25, 0.3) is 0 Å². The normalized spacial score (nSPS) is 14.3. The van der Waals surface area contributed by atoms with E-state index in [0.29, 0.717) is 13.0 Å². The van der Waals surface area contributed by atoms with Gasteiger partial charge < -0.3 is 4.74 Å². The van der Waals surface area contributed by atoms with Gasteiger partial charge in [-0.3, -0.25) is 4.79 Å². The van der Waals surface area contributed by atoms with Gasteiger partial charge in [0.2, 0.25) is 0 Å². The summed E-state index contributed by atoms with van der Waals surface area (Å²) in [6.07, 6.45) is 2.57. The summed E-state index contributed by atoms with van der Waals surface area (Å²) >= 11 is 7.40. The van der Waals surface area contributed by atoms with Crippen molar-refractivity contribution in [2.45, 2.75) is 25.9 Å². The topological polar surface area (TPSA) is 26.3 Å². The maximum atomic E-state index is 11.7. The van der Waals surface area contributed by atoms with Crippen molar-refractivity contribution in [3.05, 3.63) is 50.7 Å². The van der Waals surface area contributed by atoms with Gasteiger partial charge in [-0.15, -0.1) is 11.3 Å². The third-order valence-electron chi connectivity index (χ3n) is 3.24. The van der Waals surface area contributed by atoms with E-state index in [4.69, 9.17) is 16.3 Å². The zero-order valence-corrected chi connectivity index (χ0v) is 11.9. The van der Waals surface area contributed by atoms with Crippen LogP contribution in [0.4, 0.5) is 0 Å². The standard InChI is InChI=1S/C15H13ClO2S/c16-15-7-5-12(19-15)9-18-11-4-6-13-10(8-11)2-1-3-14(13)17/h4-8H,1-3,9H2. The molecule has 0 aliphatic heterocycles. The molecule has 0 fully saturated rings. The van der Waals surface area contributed by atoms with E-state index in [2.05, 4.69) is 0 Å². The number of rotatable bonds is 3. The second kappa shape index (κ2) is 5.35. The number of halogens is 1. The molecule has 3 rings (SSSR count). The van der Waals surface area contributed by atoms with E-state index < -0.39 is 0 Å². The molecule has 1 aromatic carbocycles. The average Bonchev–Trinajstić information content (AvgIpc) is 2.82. The highest BCUT2D eigenvalue weighted by atomic mass is 35.5. The number of benzene rings is 1. The van der Waals surface area contributed by atoms with Crippen LogP contribution >= 0.6 is 22.9 Å². The number of ketones is 1. The van der Waals surface area contributed by atoms with Gasteiger partial charge in [0.05, 0.1) is 4.34 Å². The molecule has 19 heavy (non-hydrogen) atoms. The molecule has 1 aliphatic carbocycles. The molecule has 0 bridgehead atoms. The van der Waals surface area contributed by atoms with Crippen LogP contribution in [-0.4, -0.2) is 5.78 Å². The summed E-state index contributed by atoms with van der Waals surface area (Å²) in [4.78, 5) is 12.8. The fourth-order valence-corrected chi connectivity index (χ4v) is 3.30. The number of ether oxygens (including phenoxy) is 1. The van der Waals surface area contributed by atoms with Crippen molar-refractivity contribution < 1.29 is 9.53 Å². The van der Waals surface area contributed by atoms with Gasteiger partial charge in [0.1, 0.15) is 12.4 Å². The Balaban J connectivity index is 1.73. The molecule has 0 amide bonds. The lowest BCUT2D eigenvalue weighted by atomic mass is 9.91. The molecule has 0 N–H and O–H groups in total. The summed E-state index contributed by atoms with van der Waals surface area (Å²) in [7, 11) is 0. The number of carbonyl (C=O) groups is 1. The molecule has 0 unspecified atom stereocenters. The molecule has 98 valence electrons. The quantitative estimate of drug-likeness (QED) is 0.832. The highest BCUT2D eigenvalue weighted by Gasteiger charge is 2.17. The van der Waals surface area contributed by atoms with E-state index in [0.717, 1.165) is 38.9 Å². The van der Waals surface area contributed by atoms with Crippen molar-refractivity contribution in [3.8, 4) is 5.75 Å². The highest BCUT2D eigenvalue weighted by Crippen LogP contribution is 2.27. The van der Waals surface area contributed by atoms with Crippen molar-refractivity contribution in [3.63, 3.8) is 0 Å². The molecule has 1 aliphatic rings. The highest BCUT2D eigenvalue weighted by molar-refractivity contribution is 7.16. The summed E-state index contributed by atoms with van der Waals surface area (Å²) in [5.74, 6) is 1.07. The van der Waals surface area contributed by atoms with Gasteiger partial charge in [0, 0.05) is 16.9 Å². The molecule has 0 spiro atoms. The number of Topliss-reactive ketones (excluding diaryl/α,β-unsaturated/α-hetero) is 1. The Kier molecular flexibility index (Phi) is 3.58. The molecule has 1 aromatic heterocycles. The summed E-state index contributed by atoms with van der Waals surface area (Å²) in [5.41, 5.74) is 1.97. The molecule has 2 nitrogen and oxygen atoms in total. The van der Waals surface area contributed by atoms with Crippen molar-refractivity contribution >= 4 is 28.7 Å². The van der Waals surface area contributed by atoms with Crippen LogP contribution in [0.15, 0.2) is 30.3 Å². The average molecular weight is 293 g/mol. The lowest BCUT2D eigenvalue weighted by molar-refractivity contribution is 0.0972. The maximum absolute atomic E-state index is 11.7. The Morgan fingerprint density at radius 1 is 1.21 bits per heavy atom. The van der Waals surface area contributed by atoms with Crippen LogP contribution in [0.2, 0.25) is 4.34 Å². The number of fused-ring (bicyclic) bond motifs is 1. The predicted octanol–water partition coefficient (Wildman–Crippen LogP) is 4.50. The van der Waals surface area contributed by atoms with Gasteiger partial charge in [0.25, 0.3) is 0 Å². The van der Waals surface area contributed by atoms with Crippen molar-refractivity contribution in [2.75, 3.05) is 0 Å². The number of thiophene rings is 1. The van der Waals surface area contributed by atoms with E-state index in [1.807, 2.05) is 30.3 Å². The minimum atomic E-state index is 0.248. The van der Waals surface area contributed by atoms with E-state index in [1.54, 1.807) is 0 Å². The third kappa shape index (κ3) is 2.82. The first-order valence-corrected chi connectivity index (χ1v) is 7.45. The molecule has 4 heteroatoms. The van der Waals surface area contributed by atoms with Crippen LogP contribution in [0.1, 0.15) is 33.6 Å². The first-order chi connectivity index (χ1) is 9.22. The van der Waals surface area contributed by atoms with Crippen LogP contribution in [0.5, 0.6) is 5.75 Å². The molecule has 1 heterocycles. The van der Waals surface area contributed by atoms with Gasteiger partial charge >= 0.3 is 0 Å². The summed E-state index contributed by atoms with van der Waals surface area (Å²) in [5, 5.41) is 0. The maximum Gasteiger partial charge on any atom is 0.163 e. The molecular formula is C15H13ClO2S. The van der Waals surface area contributed by atoms with Gasteiger partial charge in [0.15, 0.2) is 5.78 Å². The molecule has 0 atom stereocenters. The monoisotopic (exact) mass is 292 g/mol. The second-order valence-electron chi connectivity index (χ2n) is 4.59. The Morgan fingerprint density at radius 3 is 2.89 bits per heavy atom. The number of hydrogen-bond donors (Lipinski definition) is 0. The Labute approximate surface area is 121 Å². The van der Waals surface area contributed by atoms with Crippen LogP contribution in [-0.2, 0) is 13.0 Å². The summed E-state index contributed by atoms with van der Waals surface area (Å²) in [6.45, 7) is 0.518. The molecule has 0 saturated carbocycles. The fraction of sp³-hybridized carbons (Fsp3) is 0.267. The Bertz CT molecular complexity index is 618. The molecule has 2 aromatic rings. The molecule has 0 saturated heterocycles. The predicted molar refractivity (Wildman–Crippen MR) is 77.4 cm³/mol. The first kappa shape index (κ1) is 12.7. The van der Waals surface area contributed by atoms with Gasteiger partial charge in [-0.05, 0) is 48.7 Å². The number of aryl methyl sites for hydroxylation is 1. The zero-order valence-electron chi connectivity index (χ0n) is 10.3. The zero-order chi connectivity index (χ0) is 13.2. The van der Waals surface area contributed by atoms with E-state index in [-0.39, 0.29) is 5.78 Å². The van der Waals surface area contributed by atoms with Gasteiger partial charge in [-0.1, -0.05) is 11.6 Å². The molecule has 0 radical (unpaired) electrons. The van der Waals surface area contributed by atoms with Crippen LogP contribution in [0.3, 0.4) is 0 Å². The van der Waals surface area contributed by atoms with Gasteiger partial charge in [-0.25, -0.2) is 0 Å². The fourth-order valence-electron chi connectivity index (χ4n) is 2.30. The summed E-state index contributed by atoms with van der Waals surface area (Å²) in [6, 6.07) is 9.58. The smallest absolute Gasteiger partial charge is 0.163 e. The van der Waals surface area contributed by atoms with Crippen LogP contribution in [0, 0.1) is 0 Å².